The molecule has 2 rings (SSSR count). The maximum atomic E-state index is 12.2. The monoisotopic (exact) mass is 299 g/mol. The minimum atomic E-state index is -0.215. The molecule has 0 aromatic heterocycles. The van der Waals surface area contributed by atoms with Crippen LogP contribution in [-0.4, -0.2) is 17.6 Å². The lowest BCUT2D eigenvalue weighted by Crippen LogP contribution is -2.12. The zero-order valence-corrected chi connectivity index (χ0v) is 12.2. The second kappa shape index (κ2) is 6.94. The SMILES string of the molecule is Cc1cc(Cl)ccc1NC(=O)c1cccc(C#CCO)c1. The Morgan fingerprint density at radius 1 is 1.29 bits per heavy atom. The van der Waals surface area contributed by atoms with Crippen LogP contribution in [0.2, 0.25) is 5.02 Å². The number of aliphatic hydroxyl groups is 1. The van der Waals surface area contributed by atoms with Gasteiger partial charge in [0, 0.05) is 21.8 Å². The number of nitrogens with one attached hydrogen (secondary N) is 1. The number of amides is 1. The Labute approximate surface area is 128 Å². The highest BCUT2D eigenvalue weighted by molar-refractivity contribution is 6.30. The lowest BCUT2D eigenvalue weighted by atomic mass is 10.1. The van der Waals surface area contributed by atoms with Crippen molar-refractivity contribution in [1.29, 1.82) is 0 Å². The van der Waals surface area contributed by atoms with Crippen LogP contribution in [-0.2, 0) is 0 Å². The standard InChI is InChI=1S/C17H14ClNO2/c1-12-10-15(18)7-8-16(12)19-17(21)14-6-2-4-13(11-14)5-3-9-20/h2,4,6-8,10-11,20H,9H2,1H3,(H,19,21). The van der Waals surface area contributed by atoms with Crippen molar-refractivity contribution in [3.63, 3.8) is 0 Å². The Hall–Kier alpha value is -2.28. The number of benzene rings is 2. The highest BCUT2D eigenvalue weighted by Crippen LogP contribution is 2.20. The molecule has 3 nitrogen and oxygen atoms in total. The van der Waals surface area contributed by atoms with Gasteiger partial charge in [-0.25, -0.2) is 0 Å². The largest absolute Gasteiger partial charge is 0.384 e. The fraction of sp³-hybridized carbons (Fsp3) is 0.118. The maximum absolute atomic E-state index is 12.2. The predicted molar refractivity (Wildman–Crippen MR) is 84.5 cm³/mol. The molecule has 106 valence electrons. The topological polar surface area (TPSA) is 49.3 Å². The van der Waals surface area contributed by atoms with Crippen LogP contribution in [0.1, 0.15) is 21.5 Å². The second-order valence-electron chi connectivity index (χ2n) is 4.45. The first kappa shape index (κ1) is 15.1. The van der Waals surface area contributed by atoms with E-state index in [-0.39, 0.29) is 12.5 Å². The van der Waals surface area contributed by atoms with Gasteiger partial charge in [-0.3, -0.25) is 4.79 Å². The average Bonchev–Trinajstić information content (AvgIpc) is 2.48. The predicted octanol–water partition coefficient (Wildman–Crippen LogP) is 3.24. The molecule has 0 aliphatic rings. The summed E-state index contributed by atoms with van der Waals surface area (Å²) in [6, 6.07) is 12.2. The van der Waals surface area contributed by atoms with Crippen molar-refractivity contribution in [2.75, 3.05) is 11.9 Å². The summed E-state index contributed by atoms with van der Waals surface area (Å²) in [5, 5.41) is 12.2. The van der Waals surface area contributed by atoms with Gasteiger partial charge in [-0.05, 0) is 48.9 Å². The van der Waals surface area contributed by atoms with Crippen LogP contribution in [0, 0.1) is 18.8 Å². The maximum Gasteiger partial charge on any atom is 0.255 e. The molecule has 2 N–H and O–H groups in total. The van der Waals surface area contributed by atoms with Gasteiger partial charge < -0.3 is 10.4 Å². The van der Waals surface area contributed by atoms with Gasteiger partial charge >= 0.3 is 0 Å². The van der Waals surface area contributed by atoms with Crippen molar-refractivity contribution in [2.24, 2.45) is 0 Å². The van der Waals surface area contributed by atoms with Crippen molar-refractivity contribution in [3.8, 4) is 11.8 Å². The summed E-state index contributed by atoms with van der Waals surface area (Å²) in [6.45, 7) is 1.67. The number of hydrogen-bond acceptors (Lipinski definition) is 2. The van der Waals surface area contributed by atoms with Gasteiger partial charge in [0.25, 0.3) is 5.91 Å². The molecule has 0 heterocycles. The molecule has 4 heteroatoms. The Balaban J connectivity index is 2.20. The lowest BCUT2D eigenvalue weighted by Gasteiger charge is -2.09. The lowest BCUT2D eigenvalue weighted by molar-refractivity contribution is 0.102. The van der Waals surface area contributed by atoms with Gasteiger partial charge in [0.2, 0.25) is 0 Å². The smallest absolute Gasteiger partial charge is 0.255 e. The summed E-state index contributed by atoms with van der Waals surface area (Å²) in [6.07, 6.45) is 0. The van der Waals surface area contributed by atoms with Crippen molar-refractivity contribution in [1.82, 2.24) is 0 Å². The molecule has 0 fully saturated rings. The number of carbonyl (C=O) groups excluding carboxylic acids is 1. The van der Waals surface area contributed by atoms with Gasteiger partial charge in [-0.15, -0.1) is 0 Å². The van der Waals surface area contributed by atoms with Crippen molar-refractivity contribution < 1.29 is 9.90 Å². The highest BCUT2D eigenvalue weighted by Gasteiger charge is 2.08. The molecule has 0 aliphatic carbocycles. The van der Waals surface area contributed by atoms with Crippen LogP contribution < -0.4 is 5.32 Å². The van der Waals surface area contributed by atoms with E-state index in [1.807, 2.05) is 6.92 Å². The van der Waals surface area contributed by atoms with Crippen LogP contribution >= 0.6 is 11.6 Å². The quantitative estimate of drug-likeness (QED) is 0.836. The van der Waals surface area contributed by atoms with E-state index in [0.29, 0.717) is 16.1 Å². The second-order valence-corrected chi connectivity index (χ2v) is 4.89. The summed E-state index contributed by atoms with van der Waals surface area (Å²) >= 11 is 5.89. The molecule has 21 heavy (non-hydrogen) atoms. The minimum absolute atomic E-state index is 0.208. The van der Waals surface area contributed by atoms with Gasteiger partial charge in [0.05, 0.1) is 0 Å². The fourth-order valence-corrected chi connectivity index (χ4v) is 2.07. The van der Waals surface area contributed by atoms with Crippen LogP contribution in [0.3, 0.4) is 0 Å². The molecule has 0 saturated heterocycles. The molecule has 0 aliphatic heterocycles. The Morgan fingerprint density at radius 3 is 2.81 bits per heavy atom. The number of aryl methyl sites for hydroxylation is 1. The molecular weight excluding hydrogens is 286 g/mol. The van der Waals surface area contributed by atoms with E-state index in [1.165, 1.54) is 0 Å². The molecule has 0 spiro atoms. The van der Waals surface area contributed by atoms with Crippen molar-refractivity contribution >= 4 is 23.2 Å². The average molecular weight is 300 g/mol. The first-order valence-corrected chi connectivity index (χ1v) is 6.75. The van der Waals surface area contributed by atoms with Gasteiger partial charge in [-0.2, -0.15) is 0 Å². The van der Waals surface area contributed by atoms with E-state index in [1.54, 1.807) is 42.5 Å². The minimum Gasteiger partial charge on any atom is -0.384 e. The number of rotatable bonds is 2. The Bertz CT molecular complexity index is 729. The first-order valence-electron chi connectivity index (χ1n) is 6.37. The highest BCUT2D eigenvalue weighted by atomic mass is 35.5. The fourth-order valence-electron chi connectivity index (χ4n) is 1.84. The van der Waals surface area contributed by atoms with Gasteiger partial charge in [0.1, 0.15) is 6.61 Å². The van der Waals surface area contributed by atoms with Crippen LogP contribution in [0.4, 0.5) is 5.69 Å². The molecule has 1 amide bonds. The molecule has 0 unspecified atom stereocenters. The zero-order chi connectivity index (χ0) is 15.2. The third-order valence-corrected chi connectivity index (χ3v) is 3.11. The van der Waals surface area contributed by atoms with Crippen LogP contribution in [0.25, 0.3) is 0 Å². The third-order valence-electron chi connectivity index (χ3n) is 2.87. The number of anilines is 1. The molecule has 0 bridgehead atoms. The summed E-state index contributed by atoms with van der Waals surface area (Å²) in [5.41, 5.74) is 2.81. The van der Waals surface area contributed by atoms with Crippen LogP contribution in [0.5, 0.6) is 0 Å². The molecular formula is C17H14ClNO2. The molecule has 0 saturated carbocycles. The van der Waals surface area contributed by atoms with E-state index in [0.717, 1.165) is 11.3 Å². The number of hydrogen-bond donors (Lipinski definition) is 2. The van der Waals surface area contributed by atoms with Crippen molar-refractivity contribution in [3.05, 3.63) is 64.2 Å². The van der Waals surface area contributed by atoms with E-state index in [9.17, 15) is 4.79 Å². The normalized spacial score (nSPS) is 9.67. The number of carbonyl (C=O) groups is 1. The van der Waals surface area contributed by atoms with E-state index >= 15 is 0 Å². The van der Waals surface area contributed by atoms with Gasteiger partial charge in [-0.1, -0.05) is 29.5 Å². The van der Waals surface area contributed by atoms with E-state index < -0.39 is 0 Å². The Kier molecular flexibility index (Phi) is 4.99. The van der Waals surface area contributed by atoms with Crippen LogP contribution in [0.15, 0.2) is 42.5 Å². The molecule has 0 radical (unpaired) electrons. The molecule has 0 atom stereocenters. The summed E-state index contributed by atoms with van der Waals surface area (Å²) in [5.74, 6) is 5.12. The molecule has 2 aromatic rings. The summed E-state index contributed by atoms with van der Waals surface area (Å²) < 4.78 is 0. The summed E-state index contributed by atoms with van der Waals surface area (Å²) in [4.78, 5) is 12.2. The Morgan fingerprint density at radius 2 is 2.10 bits per heavy atom. The van der Waals surface area contributed by atoms with Crippen molar-refractivity contribution in [2.45, 2.75) is 6.92 Å². The molecule has 2 aromatic carbocycles. The third kappa shape index (κ3) is 4.09. The number of aliphatic hydroxyl groups excluding tert-OH is 1. The zero-order valence-electron chi connectivity index (χ0n) is 11.5. The first-order chi connectivity index (χ1) is 10.1. The van der Waals surface area contributed by atoms with Gasteiger partial charge in [0.15, 0.2) is 0 Å². The number of halogens is 1. The summed E-state index contributed by atoms with van der Waals surface area (Å²) in [7, 11) is 0. The van der Waals surface area contributed by atoms with E-state index in [2.05, 4.69) is 17.2 Å². The van der Waals surface area contributed by atoms with E-state index in [4.69, 9.17) is 16.7 Å².